The summed E-state index contributed by atoms with van der Waals surface area (Å²) in [5, 5.41) is 0. The molecule has 2 aromatic carbocycles. The first kappa shape index (κ1) is 25.9. The molecule has 8 heteroatoms. The Morgan fingerprint density at radius 2 is 1.78 bits per heavy atom. The summed E-state index contributed by atoms with van der Waals surface area (Å²) in [6.07, 6.45) is 0.426. The van der Waals surface area contributed by atoms with Gasteiger partial charge in [0.05, 0.1) is 31.3 Å². The molecule has 0 radical (unpaired) electrons. The third-order valence-electron chi connectivity index (χ3n) is 6.11. The fourth-order valence-electron chi connectivity index (χ4n) is 4.21. The molecule has 1 fully saturated rings. The van der Waals surface area contributed by atoms with E-state index in [0.717, 1.165) is 22.6 Å². The highest BCUT2D eigenvalue weighted by Gasteiger charge is 2.31. The lowest BCUT2D eigenvalue weighted by molar-refractivity contribution is -0.131. The average Bonchev–Trinajstić information content (AvgIpc) is 3.31. The van der Waals surface area contributed by atoms with E-state index in [0.29, 0.717) is 37.7 Å². The van der Waals surface area contributed by atoms with Crippen molar-refractivity contribution in [2.75, 3.05) is 40.4 Å². The third kappa shape index (κ3) is 6.94. The van der Waals surface area contributed by atoms with E-state index in [1.807, 2.05) is 53.4 Å². The lowest BCUT2D eigenvalue weighted by Gasteiger charge is -2.25. The summed E-state index contributed by atoms with van der Waals surface area (Å²) < 4.78 is 16.8. The molecule has 7 nitrogen and oxygen atoms in total. The minimum atomic E-state index is -0.319. The van der Waals surface area contributed by atoms with E-state index >= 15 is 0 Å². The zero-order valence-electron chi connectivity index (χ0n) is 20.7. The Hall–Kier alpha value is -3.20. The van der Waals surface area contributed by atoms with Crippen LogP contribution < -0.4 is 4.74 Å². The van der Waals surface area contributed by atoms with Crippen LogP contribution in [0.5, 0.6) is 5.75 Å². The quantitative estimate of drug-likeness (QED) is 0.414. The van der Waals surface area contributed by atoms with Crippen molar-refractivity contribution in [2.45, 2.75) is 25.7 Å². The van der Waals surface area contributed by atoms with Gasteiger partial charge in [-0.2, -0.15) is 0 Å². The standard InChI is InChI=1S/C28H32N2O5S/c1-33-20-25-11-12-26(36-25)28(32)30-17-24(35-19-22-9-6-10-23(15-22)34-2)16-29(27(31)18-30)14-13-21-7-4-3-5-8-21/h3-12,15,24H,13-14,16-20H2,1-2H3/t24-/m0/s1. The van der Waals surface area contributed by atoms with Crippen LogP contribution in [0, 0.1) is 0 Å². The van der Waals surface area contributed by atoms with E-state index in [2.05, 4.69) is 12.1 Å². The maximum Gasteiger partial charge on any atom is 0.264 e. The Morgan fingerprint density at radius 1 is 0.972 bits per heavy atom. The number of carbonyl (C=O) groups excluding carboxylic acids is 2. The summed E-state index contributed by atoms with van der Waals surface area (Å²) >= 11 is 1.40. The largest absolute Gasteiger partial charge is 0.497 e. The Balaban J connectivity index is 1.49. The molecule has 0 spiro atoms. The van der Waals surface area contributed by atoms with E-state index in [9.17, 15) is 9.59 Å². The van der Waals surface area contributed by atoms with Crippen LogP contribution in [0.25, 0.3) is 0 Å². The molecule has 0 saturated carbocycles. The first-order valence-corrected chi connectivity index (χ1v) is 12.8. The fourth-order valence-corrected chi connectivity index (χ4v) is 5.16. The average molecular weight is 509 g/mol. The van der Waals surface area contributed by atoms with Crippen LogP contribution in [-0.4, -0.2) is 68.1 Å². The molecule has 1 aromatic heterocycles. The number of carbonyl (C=O) groups is 2. The van der Waals surface area contributed by atoms with Gasteiger partial charge in [-0.25, -0.2) is 0 Å². The number of thiophene rings is 1. The number of benzene rings is 2. The monoisotopic (exact) mass is 508 g/mol. The van der Waals surface area contributed by atoms with Crippen LogP contribution in [-0.2, 0) is 33.9 Å². The van der Waals surface area contributed by atoms with Crippen molar-refractivity contribution in [3.05, 3.63) is 87.6 Å². The molecular formula is C28H32N2O5S. The van der Waals surface area contributed by atoms with Crippen molar-refractivity contribution in [3.8, 4) is 5.75 Å². The van der Waals surface area contributed by atoms with Crippen LogP contribution in [0.4, 0.5) is 0 Å². The van der Waals surface area contributed by atoms with Gasteiger partial charge in [0.2, 0.25) is 5.91 Å². The number of rotatable bonds is 10. The number of ether oxygens (including phenoxy) is 3. The molecule has 190 valence electrons. The molecule has 2 amide bonds. The molecule has 1 aliphatic rings. The van der Waals surface area contributed by atoms with Crippen molar-refractivity contribution in [1.29, 1.82) is 0 Å². The first-order valence-electron chi connectivity index (χ1n) is 12.0. The summed E-state index contributed by atoms with van der Waals surface area (Å²) in [5.74, 6) is 0.536. The molecule has 2 heterocycles. The highest BCUT2D eigenvalue weighted by atomic mass is 32.1. The molecule has 4 rings (SSSR count). The number of hydrogen-bond acceptors (Lipinski definition) is 6. The van der Waals surface area contributed by atoms with Gasteiger partial charge in [0.15, 0.2) is 0 Å². The normalized spacial score (nSPS) is 16.2. The van der Waals surface area contributed by atoms with Gasteiger partial charge in [-0.05, 0) is 41.8 Å². The summed E-state index contributed by atoms with van der Waals surface area (Å²) in [7, 11) is 3.26. The Bertz CT molecular complexity index is 1150. The van der Waals surface area contributed by atoms with Crippen LogP contribution in [0.2, 0.25) is 0 Å². The lowest BCUT2D eigenvalue weighted by atomic mass is 10.1. The number of nitrogens with zero attached hydrogens (tertiary/aromatic N) is 2. The minimum Gasteiger partial charge on any atom is -0.497 e. The van der Waals surface area contributed by atoms with E-state index in [1.165, 1.54) is 16.9 Å². The van der Waals surface area contributed by atoms with Gasteiger partial charge in [-0.3, -0.25) is 9.59 Å². The minimum absolute atomic E-state index is 0.0319. The molecule has 0 bridgehead atoms. The van der Waals surface area contributed by atoms with E-state index < -0.39 is 0 Å². The second-order valence-corrected chi connectivity index (χ2v) is 9.91. The Labute approximate surface area is 216 Å². The summed E-state index contributed by atoms with van der Waals surface area (Å²) in [5.41, 5.74) is 2.14. The van der Waals surface area contributed by atoms with Crippen molar-refractivity contribution >= 4 is 23.2 Å². The maximum atomic E-state index is 13.4. The summed E-state index contributed by atoms with van der Waals surface area (Å²) in [6.45, 7) is 2.19. The van der Waals surface area contributed by atoms with Gasteiger partial charge >= 0.3 is 0 Å². The van der Waals surface area contributed by atoms with Crippen molar-refractivity contribution < 1.29 is 23.8 Å². The predicted octanol–water partition coefficient (Wildman–Crippen LogP) is 4.02. The number of amides is 2. The van der Waals surface area contributed by atoms with Gasteiger partial charge in [-0.15, -0.1) is 11.3 Å². The van der Waals surface area contributed by atoms with Crippen LogP contribution in [0.3, 0.4) is 0 Å². The zero-order chi connectivity index (χ0) is 25.3. The van der Waals surface area contributed by atoms with Crippen molar-refractivity contribution in [3.63, 3.8) is 0 Å². The third-order valence-corrected chi connectivity index (χ3v) is 7.15. The summed E-state index contributed by atoms with van der Waals surface area (Å²) in [6, 6.07) is 21.5. The molecule has 1 atom stereocenters. The van der Waals surface area contributed by atoms with E-state index in [4.69, 9.17) is 14.2 Å². The van der Waals surface area contributed by atoms with Gasteiger partial charge in [0.1, 0.15) is 12.3 Å². The molecule has 0 N–H and O–H groups in total. The van der Waals surface area contributed by atoms with Gasteiger partial charge in [0, 0.05) is 31.6 Å². The number of hydrogen-bond donors (Lipinski definition) is 0. The number of methoxy groups -OCH3 is 2. The smallest absolute Gasteiger partial charge is 0.264 e. The molecule has 0 aliphatic carbocycles. The van der Waals surface area contributed by atoms with Crippen LogP contribution >= 0.6 is 11.3 Å². The molecule has 3 aromatic rings. The Kier molecular flexibility index (Phi) is 9.11. The van der Waals surface area contributed by atoms with Gasteiger partial charge < -0.3 is 24.0 Å². The molecule has 0 unspecified atom stereocenters. The van der Waals surface area contributed by atoms with E-state index in [1.54, 1.807) is 25.2 Å². The van der Waals surface area contributed by atoms with Crippen molar-refractivity contribution in [1.82, 2.24) is 9.80 Å². The highest BCUT2D eigenvalue weighted by Crippen LogP contribution is 2.22. The fraction of sp³-hybridized carbons (Fsp3) is 0.357. The van der Waals surface area contributed by atoms with Crippen molar-refractivity contribution in [2.24, 2.45) is 0 Å². The van der Waals surface area contributed by atoms with Crippen LogP contribution in [0.1, 0.15) is 25.7 Å². The second-order valence-electron chi connectivity index (χ2n) is 8.74. The first-order chi connectivity index (χ1) is 17.6. The maximum absolute atomic E-state index is 13.4. The van der Waals surface area contributed by atoms with Gasteiger partial charge in [0.25, 0.3) is 5.91 Å². The zero-order valence-corrected chi connectivity index (χ0v) is 21.5. The van der Waals surface area contributed by atoms with E-state index in [-0.39, 0.29) is 24.5 Å². The molecular weight excluding hydrogens is 476 g/mol. The molecule has 36 heavy (non-hydrogen) atoms. The molecule has 1 aliphatic heterocycles. The lowest BCUT2D eigenvalue weighted by Crippen LogP contribution is -2.39. The molecule has 1 saturated heterocycles. The highest BCUT2D eigenvalue weighted by molar-refractivity contribution is 7.14. The second kappa shape index (κ2) is 12.7. The Morgan fingerprint density at radius 3 is 2.56 bits per heavy atom. The predicted molar refractivity (Wildman–Crippen MR) is 139 cm³/mol. The topological polar surface area (TPSA) is 68.3 Å². The summed E-state index contributed by atoms with van der Waals surface area (Å²) in [4.78, 5) is 31.6. The SMILES string of the molecule is COCc1ccc(C(=O)N2CC(=O)N(CCc3ccccc3)C[C@H](OCc3cccc(OC)c3)C2)s1. The van der Waals surface area contributed by atoms with Crippen LogP contribution in [0.15, 0.2) is 66.7 Å². The van der Waals surface area contributed by atoms with Gasteiger partial charge in [-0.1, -0.05) is 42.5 Å².